The molecular weight excluding hydrogens is 428 g/mol. The quantitative estimate of drug-likeness (QED) is 0.192. The van der Waals surface area contributed by atoms with Gasteiger partial charge >= 0.3 is 0 Å². The van der Waals surface area contributed by atoms with Crippen molar-refractivity contribution in [2.24, 2.45) is 10.2 Å². The molecule has 0 radical (unpaired) electrons. The van der Waals surface area contributed by atoms with Gasteiger partial charge in [0.2, 0.25) is 0 Å². The fourth-order valence-corrected chi connectivity index (χ4v) is 4.29. The number of amides is 2. The molecule has 0 unspecified atom stereocenters. The SMILES string of the molecule is C=CCC/C(C)=N/NC(=O)CSc1nnc(SCC(=O)N/N=C(\C)CCC=C)s1. The maximum Gasteiger partial charge on any atom is 0.250 e. The number of nitrogens with zero attached hydrogens (tertiary/aromatic N) is 4. The minimum absolute atomic E-state index is 0.191. The maximum atomic E-state index is 11.8. The molecular formula is C18H26N6O2S3. The molecule has 0 aliphatic heterocycles. The van der Waals surface area contributed by atoms with Gasteiger partial charge < -0.3 is 0 Å². The van der Waals surface area contributed by atoms with Crippen LogP contribution in [0.15, 0.2) is 44.2 Å². The first-order valence-electron chi connectivity index (χ1n) is 8.89. The van der Waals surface area contributed by atoms with E-state index >= 15 is 0 Å². The van der Waals surface area contributed by atoms with Crippen molar-refractivity contribution in [1.29, 1.82) is 0 Å². The van der Waals surface area contributed by atoms with Crippen LogP contribution in [0.1, 0.15) is 39.5 Å². The minimum atomic E-state index is -0.207. The molecule has 1 heterocycles. The number of hydrogen-bond acceptors (Lipinski definition) is 9. The van der Waals surface area contributed by atoms with Gasteiger partial charge in [-0.1, -0.05) is 47.0 Å². The molecule has 8 nitrogen and oxygen atoms in total. The molecule has 158 valence electrons. The summed E-state index contributed by atoms with van der Waals surface area (Å²) in [5.74, 6) is -0.0316. The Kier molecular flexibility index (Phi) is 12.9. The normalized spacial score (nSPS) is 11.8. The molecule has 1 rings (SSSR count). The van der Waals surface area contributed by atoms with Crippen LogP contribution in [0.2, 0.25) is 0 Å². The molecule has 0 saturated heterocycles. The van der Waals surface area contributed by atoms with Gasteiger partial charge in [-0.3, -0.25) is 9.59 Å². The average molecular weight is 455 g/mol. The highest BCUT2D eigenvalue weighted by Gasteiger charge is 2.10. The van der Waals surface area contributed by atoms with Gasteiger partial charge in [-0.2, -0.15) is 10.2 Å². The minimum Gasteiger partial charge on any atom is -0.272 e. The molecule has 29 heavy (non-hydrogen) atoms. The Morgan fingerprint density at radius 2 is 1.34 bits per heavy atom. The van der Waals surface area contributed by atoms with E-state index < -0.39 is 0 Å². The average Bonchev–Trinajstić information content (AvgIpc) is 3.18. The fraction of sp³-hybridized carbons (Fsp3) is 0.444. The van der Waals surface area contributed by atoms with Crippen LogP contribution >= 0.6 is 34.9 Å². The van der Waals surface area contributed by atoms with Crippen molar-refractivity contribution in [3.05, 3.63) is 25.3 Å². The summed E-state index contributed by atoms with van der Waals surface area (Å²) in [5.41, 5.74) is 6.72. The number of hydrogen-bond donors (Lipinski definition) is 2. The number of rotatable bonds is 14. The van der Waals surface area contributed by atoms with Crippen molar-refractivity contribution >= 4 is 58.1 Å². The highest BCUT2D eigenvalue weighted by atomic mass is 32.2. The fourth-order valence-electron chi connectivity index (χ4n) is 1.68. The second-order valence-electron chi connectivity index (χ2n) is 5.83. The van der Waals surface area contributed by atoms with Crippen molar-refractivity contribution < 1.29 is 9.59 Å². The summed E-state index contributed by atoms with van der Waals surface area (Å²) >= 11 is 3.89. The van der Waals surface area contributed by atoms with Gasteiger partial charge in [0.25, 0.3) is 11.8 Å². The van der Waals surface area contributed by atoms with Crippen molar-refractivity contribution in [3.63, 3.8) is 0 Å². The Labute approximate surface area is 183 Å². The zero-order chi connectivity index (χ0) is 21.5. The van der Waals surface area contributed by atoms with Crippen molar-refractivity contribution in [2.45, 2.75) is 48.2 Å². The molecule has 0 saturated carbocycles. The lowest BCUT2D eigenvalue weighted by molar-refractivity contribution is -0.119. The first kappa shape index (κ1) is 25.1. The lowest BCUT2D eigenvalue weighted by atomic mass is 10.2. The van der Waals surface area contributed by atoms with E-state index in [1.807, 2.05) is 26.0 Å². The Morgan fingerprint density at radius 1 is 0.931 bits per heavy atom. The number of nitrogens with one attached hydrogen (secondary N) is 2. The predicted molar refractivity (Wildman–Crippen MR) is 123 cm³/mol. The summed E-state index contributed by atoms with van der Waals surface area (Å²) in [5, 5.41) is 16.1. The van der Waals surface area contributed by atoms with E-state index in [-0.39, 0.29) is 23.3 Å². The number of carbonyl (C=O) groups excluding carboxylic acids is 2. The number of aromatic nitrogens is 2. The van der Waals surface area contributed by atoms with E-state index in [1.165, 1.54) is 34.9 Å². The van der Waals surface area contributed by atoms with Gasteiger partial charge in [0.05, 0.1) is 11.5 Å². The van der Waals surface area contributed by atoms with Crippen LogP contribution in [0.5, 0.6) is 0 Å². The maximum absolute atomic E-state index is 11.8. The molecule has 0 bridgehead atoms. The number of carbonyl (C=O) groups is 2. The molecule has 0 atom stereocenters. The molecule has 0 aromatic carbocycles. The van der Waals surface area contributed by atoms with Gasteiger partial charge in [0.15, 0.2) is 8.68 Å². The first-order chi connectivity index (χ1) is 13.9. The Bertz CT molecular complexity index is 700. The highest BCUT2D eigenvalue weighted by molar-refractivity contribution is 8.03. The summed E-state index contributed by atoms with van der Waals surface area (Å²) in [6, 6.07) is 0. The lowest BCUT2D eigenvalue weighted by Crippen LogP contribution is -2.20. The second-order valence-corrected chi connectivity index (χ2v) is 9.25. The van der Waals surface area contributed by atoms with Crippen molar-refractivity contribution in [3.8, 4) is 0 Å². The van der Waals surface area contributed by atoms with Gasteiger partial charge in [-0.15, -0.1) is 23.4 Å². The third-order valence-corrected chi connectivity index (χ3v) is 6.39. The third-order valence-electron chi connectivity index (χ3n) is 3.20. The second kappa shape index (κ2) is 14.9. The predicted octanol–water partition coefficient (Wildman–Crippen LogP) is 3.64. The smallest absolute Gasteiger partial charge is 0.250 e. The zero-order valence-electron chi connectivity index (χ0n) is 16.6. The molecule has 11 heteroatoms. The number of hydrazone groups is 2. The largest absolute Gasteiger partial charge is 0.272 e. The molecule has 1 aromatic rings. The Morgan fingerprint density at radius 3 is 1.72 bits per heavy atom. The van der Waals surface area contributed by atoms with Crippen LogP contribution in [0.3, 0.4) is 0 Å². The summed E-state index contributed by atoms with van der Waals surface area (Å²) in [7, 11) is 0. The van der Waals surface area contributed by atoms with E-state index in [2.05, 4.69) is 44.4 Å². The number of allylic oxidation sites excluding steroid dienone is 2. The van der Waals surface area contributed by atoms with Crippen LogP contribution in [0, 0.1) is 0 Å². The highest BCUT2D eigenvalue weighted by Crippen LogP contribution is 2.28. The monoisotopic (exact) mass is 454 g/mol. The zero-order valence-corrected chi connectivity index (χ0v) is 19.1. The lowest BCUT2D eigenvalue weighted by Gasteiger charge is -2.00. The molecule has 0 aliphatic carbocycles. The van der Waals surface area contributed by atoms with E-state index in [9.17, 15) is 9.59 Å². The van der Waals surface area contributed by atoms with Crippen LogP contribution in [0.25, 0.3) is 0 Å². The standard InChI is InChI=1S/C18H26N6O2S3/c1-5-7-9-13(3)19-21-15(25)11-27-17-23-24-18(29-17)28-12-16(26)22-20-14(4)10-8-6-2/h5-6H,1-2,7-12H2,3-4H3,(H,21,25)(H,22,26)/b19-13+,20-14+. The van der Waals surface area contributed by atoms with Gasteiger partial charge in [0.1, 0.15) is 0 Å². The summed E-state index contributed by atoms with van der Waals surface area (Å²) in [6.45, 7) is 11.0. The Hall–Kier alpha value is -1.98. The summed E-state index contributed by atoms with van der Waals surface area (Å²) < 4.78 is 1.32. The van der Waals surface area contributed by atoms with Gasteiger partial charge in [-0.25, -0.2) is 10.9 Å². The van der Waals surface area contributed by atoms with E-state index in [0.717, 1.165) is 37.1 Å². The summed E-state index contributed by atoms with van der Waals surface area (Å²) in [6.07, 6.45) is 6.80. The van der Waals surface area contributed by atoms with E-state index in [1.54, 1.807) is 0 Å². The molecule has 1 aromatic heterocycles. The summed E-state index contributed by atoms with van der Waals surface area (Å²) in [4.78, 5) is 23.7. The number of thioether (sulfide) groups is 2. The van der Waals surface area contributed by atoms with Gasteiger partial charge in [0, 0.05) is 11.4 Å². The molecule has 0 aliphatic rings. The van der Waals surface area contributed by atoms with Crippen molar-refractivity contribution in [1.82, 2.24) is 21.0 Å². The van der Waals surface area contributed by atoms with Crippen LogP contribution < -0.4 is 10.9 Å². The van der Waals surface area contributed by atoms with Crippen LogP contribution in [-0.2, 0) is 9.59 Å². The van der Waals surface area contributed by atoms with E-state index in [4.69, 9.17) is 0 Å². The van der Waals surface area contributed by atoms with Crippen LogP contribution in [-0.4, -0.2) is 44.9 Å². The molecule has 2 N–H and O–H groups in total. The van der Waals surface area contributed by atoms with Crippen LogP contribution in [0.4, 0.5) is 0 Å². The Balaban J connectivity index is 2.32. The van der Waals surface area contributed by atoms with E-state index in [0.29, 0.717) is 8.68 Å². The molecule has 0 fully saturated rings. The third kappa shape index (κ3) is 12.2. The molecule has 0 spiro atoms. The van der Waals surface area contributed by atoms with Crippen molar-refractivity contribution in [2.75, 3.05) is 11.5 Å². The van der Waals surface area contributed by atoms with Gasteiger partial charge in [-0.05, 0) is 39.5 Å². The molecule has 2 amide bonds. The first-order valence-corrected chi connectivity index (χ1v) is 11.7. The topological polar surface area (TPSA) is 109 Å².